The Bertz CT molecular complexity index is 1360. The van der Waals surface area contributed by atoms with Gasteiger partial charge in [-0.1, -0.05) is 24.6 Å². The van der Waals surface area contributed by atoms with Gasteiger partial charge in [0.1, 0.15) is 6.17 Å². The Labute approximate surface area is 251 Å². The normalized spacial score (nSPS) is 22.7. The zero-order chi connectivity index (χ0) is 30.6. The Morgan fingerprint density at radius 3 is 2.40 bits per heavy atom. The zero-order valence-electron chi connectivity index (χ0n) is 24.4. The van der Waals surface area contributed by atoms with Crippen molar-refractivity contribution in [2.45, 2.75) is 100.0 Å². The molecule has 1 amide bonds. The van der Waals surface area contributed by atoms with Gasteiger partial charge in [0.05, 0.1) is 16.5 Å². The van der Waals surface area contributed by atoms with E-state index in [9.17, 15) is 30.8 Å². The number of nitrogens with one attached hydrogen (secondary N) is 1. The van der Waals surface area contributed by atoms with Crippen LogP contribution in [0.5, 0.6) is 0 Å². The molecule has 0 spiro atoms. The lowest BCUT2D eigenvalue weighted by molar-refractivity contribution is -0.137. The number of nitrogens with zero attached hydrogens (tertiary/aromatic N) is 2. The number of halogens is 4. The Hall–Kier alpha value is -2.50. The molecule has 43 heavy (non-hydrogen) atoms. The monoisotopic (exact) mass is 623 g/mol. The molecule has 0 radical (unpaired) electrons. The molecule has 1 N–H and O–H groups in total. The summed E-state index contributed by atoms with van der Waals surface area (Å²) >= 11 is 0. The predicted octanol–water partition coefficient (Wildman–Crippen LogP) is 6.20. The number of amides is 1. The van der Waals surface area contributed by atoms with E-state index in [0.717, 1.165) is 88.0 Å². The number of benzene rings is 2. The minimum absolute atomic E-state index is 0.00341. The number of aryl methyl sites for hydroxylation is 2. The highest BCUT2D eigenvalue weighted by Crippen LogP contribution is 2.33. The van der Waals surface area contributed by atoms with E-state index in [-0.39, 0.29) is 29.8 Å². The number of hydrogen-bond donors (Lipinski definition) is 1. The van der Waals surface area contributed by atoms with Gasteiger partial charge in [-0.15, -0.1) is 0 Å². The second kappa shape index (κ2) is 13.6. The number of carbonyl (C=O) groups excluding carboxylic acids is 1. The van der Waals surface area contributed by atoms with Crippen LogP contribution in [0.3, 0.4) is 0 Å². The summed E-state index contributed by atoms with van der Waals surface area (Å²) in [5.41, 5.74) is 2.69. The second-order valence-electron chi connectivity index (χ2n) is 12.2. The molecule has 11 heteroatoms. The first-order valence-electron chi connectivity index (χ1n) is 15.5. The summed E-state index contributed by atoms with van der Waals surface area (Å²) in [7, 11) is -4.06. The fourth-order valence-electron chi connectivity index (χ4n) is 6.72. The molecule has 2 saturated heterocycles. The SMILES string of the molecule is O=C(C[C@@H]1CCCCN1S(=O)(=O)c1ccc(C(F)(F)F)cc1)N[C@@H]1CCCc2cc(CCCN3CCC(F)CC3)ccc21. The number of hydrogen-bond acceptors (Lipinski definition) is 4. The highest BCUT2D eigenvalue weighted by Gasteiger charge is 2.36. The molecule has 2 fully saturated rings. The topological polar surface area (TPSA) is 69.7 Å². The van der Waals surface area contributed by atoms with E-state index < -0.39 is 34.0 Å². The van der Waals surface area contributed by atoms with Crippen LogP contribution in [0.2, 0.25) is 0 Å². The fourth-order valence-corrected chi connectivity index (χ4v) is 8.41. The Morgan fingerprint density at radius 1 is 0.930 bits per heavy atom. The van der Waals surface area contributed by atoms with Gasteiger partial charge >= 0.3 is 6.18 Å². The van der Waals surface area contributed by atoms with Gasteiger partial charge in [0.2, 0.25) is 15.9 Å². The van der Waals surface area contributed by atoms with Crippen molar-refractivity contribution in [1.82, 2.24) is 14.5 Å². The third-order valence-electron chi connectivity index (χ3n) is 9.10. The summed E-state index contributed by atoms with van der Waals surface area (Å²) in [6, 6.07) is 9.31. The molecule has 0 unspecified atom stereocenters. The van der Waals surface area contributed by atoms with Crippen LogP contribution in [0.25, 0.3) is 0 Å². The highest BCUT2D eigenvalue weighted by atomic mass is 32.2. The Kier molecular flexibility index (Phi) is 10.1. The number of piperidine rings is 2. The van der Waals surface area contributed by atoms with E-state index >= 15 is 0 Å². The molecule has 2 aliphatic heterocycles. The third kappa shape index (κ3) is 7.97. The summed E-state index contributed by atoms with van der Waals surface area (Å²) in [4.78, 5) is 15.4. The maximum Gasteiger partial charge on any atom is 0.416 e. The van der Waals surface area contributed by atoms with E-state index in [1.54, 1.807) is 0 Å². The summed E-state index contributed by atoms with van der Waals surface area (Å²) in [6.45, 7) is 2.85. The van der Waals surface area contributed by atoms with Gasteiger partial charge in [0.25, 0.3) is 0 Å². The summed E-state index contributed by atoms with van der Waals surface area (Å²) in [5, 5.41) is 3.14. The molecular formula is C32H41F4N3O3S. The first-order chi connectivity index (χ1) is 20.5. The molecule has 2 aromatic carbocycles. The highest BCUT2D eigenvalue weighted by molar-refractivity contribution is 7.89. The van der Waals surface area contributed by atoms with Crippen molar-refractivity contribution in [1.29, 1.82) is 0 Å². The van der Waals surface area contributed by atoms with Crippen LogP contribution in [-0.4, -0.2) is 61.9 Å². The lowest BCUT2D eigenvalue weighted by Gasteiger charge is -2.35. The van der Waals surface area contributed by atoms with Crippen LogP contribution in [0.15, 0.2) is 47.4 Å². The summed E-state index contributed by atoms with van der Waals surface area (Å²) in [5.74, 6) is -0.224. The van der Waals surface area contributed by atoms with Crippen molar-refractivity contribution in [2.24, 2.45) is 0 Å². The molecule has 0 bridgehead atoms. The van der Waals surface area contributed by atoms with Gasteiger partial charge in [-0.05, 0) is 105 Å². The zero-order valence-corrected chi connectivity index (χ0v) is 25.2. The van der Waals surface area contributed by atoms with E-state index in [2.05, 4.69) is 28.4 Å². The van der Waals surface area contributed by atoms with Crippen molar-refractivity contribution in [3.63, 3.8) is 0 Å². The Balaban J connectivity index is 1.18. The largest absolute Gasteiger partial charge is 0.416 e. The number of alkyl halides is 4. The average Bonchev–Trinajstić information content (AvgIpc) is 2.98. The number of rotatable bonds is 9. The number of fused-ring (bicyclic) bond motifs is 1. The fraction of sp³-hybridized carbons (Fsp3) is 0.594. The molecule has 0 aromatic heterocycles. The maximum atomic E-state index is 13.4. The molecular weight excluding hydrogens is 582 g/mol. The second-order valence-corrected chi connectivity index (χ2v) is 14.0. The van der Waals surface area contributed by atoms with Crippen molar-refractivity contribution in [3.8, 4) is 0 Å². The minimum atomic E-state index is -4.55. The van der Waals surface area contributed by atoms with Gasteiger partial charge in [-0.25, -0.2) is 12.8 Å². The van der Waals surface area contributed by atoms with Crippen LogP contribution < -0.4 is 5.32 Å². The lowest BCUT2D eigenvalue weighted by atomic mass is 9.86. The van der Waals surface area contributed by atoms with Gasteiger partial charge in [-0.3, -0.25) is 4.79 Å². The smallest absolute Gasteiger partial charge is 0.349 e. The van der Waals surface area contributed by atoms with Gasteiger partial charge in [0.15, 0.2) is 0 Å². The van der Waals surface area contributed by atoms with E-state index in [1.165, 1.54) is 15.4 Å². The van der Waals surface area contributed by atoms with Crippen molar-refractivity contribution < 1.29 is 30.8 Å². The van der Waals surface area contributed by atoms with Crippen molar-refractivity contribution >= 4 is 15.9 Å². The lowest BCUT2D eigenvalue weighted by Crippen LogP contribution is -2.46. The van der Waals surface area contributed by atoms with Gasteiger partial charge in [0, 0.05) is 32.1 Å². The van der Waals surface area contributed by atoms with Gasteiger partial charge < -0.3 is 10.2 Å². The van der Waals surface area contributed by atoms with Gasteiger partial charge in [-0.2, -0.15) is 17.5 Å². The molecule has 2 aromatic rings. The molecule has 2 atom stereocenters. The average molecular weight is 624 g/mol. The predicted molar refractivity (Wildman–Crippen MR) is 157 cm³/mol. The molecule has 3 aliphatic rings. The number of carbonyl (C=O) groups is 1. The van der Waals surface area contributed by atoms with Crippen molar-refractivity contribution in [2.75, 3.05) is 26.2 Å². The van der Waals surface area contributed by atoms with Crippen LogP contribution in [0.1, 0.15) is 86.1 Å². The van der Waals surface area contributed by atoms with Crippen LogP contribution >= 0.6 is 0 Å². The first-order valence-corrected chi connectivity index (χ1v) is 16.9. The molecule has 6 nitrogen and oxygen atoms in total. The quantitative estimate of drug-likeness (QED) is 0.338. The summed E-state index contributed by atoms with van der Waals surface area (Å²) in [6.07, 6.45) is 2.63. The van der Waals surface area contributed by atoms with Crippen molar-refractivity contribution in [3.05, 3.63) is 64.7 Å². The molecule has 236 valence electrons. The van der Waals surface area contributed by atoms with E-state index in [1.807, 2.05) is 0 Å². The van der Waals surface area contributed by atoms with Crippen LogP contribution in [-0.2, 0) is 33.8 Å². The maximum absolute atomic E-state index is 13.4. The third-order valence-corrected chi connectivity index (χ3v) is 11.1. The minimum Gasteiger partial charge on any atom is -0.349 e. The molecule has 5 rings (SSSR count). The van der Waals surface area contributed by atoms with Crippen LogP contribution in [0.4, 0.5) is 17.6 Å². The first kappa shape index (κ1) is 31.9. The molecule has 2 heterocycles. The Morgan fingerprint density at radius 2 is 1.67 bits per heavy atom. The van der Waals surface area contributed by atoms with E-state index in [4.69, 9.17) is 0 Å². The molecule has 1 aliphatic carbocycles. The van der Waals surface area contributed by atoms with Crippen LogP contribution in [0, 0.1) is 0 Å². The van der Waals surface area contributed by atoms with E-state index in [0.29, 0.717) is 25.7 Å². The number of likely N-dealkylation sites (tertiary alicyclic amines) is 1. The standard InChI is InChI=1S/C32H41F4N3O3S/c33-26-15-19-38(20-16-26)17-4-5-23-9-14-29-24(21-23)6-3-8-30(29)37-31(40)22-27-7-1-2-18-39(27)43(41,42)28-12-10-25(11-13-28)32(34,35)36/h9-14,21,26-27,30H,1-8,15-20,22H2,(H,37,40)/t27-,30+/m0/s1. The molecule has 0 saturated carbocycles. The summed E-state index contributed by atoms with van der Waals surface area (Å²) < 4.78 is 80.5. The number of sulfonamides is 1.